The summed E-state index contributed by atoms with van der Waals surface area (Å²) in [6, 6.07) is 9.74. The van der Waals surface area contributed by atoms with Crippen molar-refractivity contribution in [1.82, 2.24) is 0 Å². The predicted octanol–water partition coefficient (Wildman–Crippen LogP) is 7.35. The normalized spacial score (nSPS) is 20.3. The molecular formula is C23H24F4. The van der Waals surface area contributed by atoms with Crippen molar-refractivity contribution >= 4 is 0 Å². The maximum atomic E-state index is 13.4. The summed E-state index contributed by atoms with van der Waals surface area (Å²) in [5, 5.41) is 0. The highest BCUT2D eigenvalue weighted by Crippen LogP contribution is 2.38. The van der Waals surface area contributed by atoms with Crippen molar-refractivity contribution in [2.75, 3.05) is 6.67 Å². The third-order valence-electron chi connectivity index (χ3n) is 5.54. The van der Waals surface area contributed by atoms with Crippen LogP contribution in [0.1, 0.15) is 50.0 Å². The van der Waals surface area contributed by atoms with Crippen LogP contribution in [0.15, 0.2) is 48.6 Å². The molecular weight excluding hydrogens is 352 g/mol. The lowest BCUT2D eigenvalue weighted by molar-refractivity contribution is 0.312. The third kappa shape index (κ3) is 5.00. The molecule has 0 radical (unpaired) electrons. The Balaban J connectivity index is 1.59. The fourth-order valence-electron chi connectivity index (χ4n) is 3.97. The Bertz CT molecular complexity index is 748. The summed E-state index contributed by atoms with van der Waals surface area (Å²) in [4.78, 5) is 0. The second-order valence-corrected chi connectivity index (χ2v) is 7.30. The topological polar surface area (TPSA) is 0 Å². The minimum absolute atomic E-state index is 0.336. The molecule has 1 aliphatic carbocycles. The Labute approximate surface area is 157 Å². The molecule has 144 valence electrons. The van der Waals surface area contributed by atoms with Crippen molar-refractivity contribution in [1.29, 1.82) is 0 Å². The largest absolute Gasteiger partial charge is 0.247 e. The van der Waals surface area contributed by atoms with E-state index < -0.39 is 17.5 Å². The van der Waals surface area contributed by atoms with E-state index in [9.17, 15) is 17.6 Å². The van der Waals surface area contributed by atoms with E-state index in [-0.39, 0.29) is 6.67 Å². The SMILES string of the molecule is FC/C=C/CCC1CCC(c2ccc(-c3cc(F)c(F)c(F)c3)cc2)CC1. The van der Waals surface area contributed by atoms with E-state index in [0.29, 0.717) is 23.0 Å². The lowest BCUT2D eigenvalue weighted by atomic mass is 9.77. The van der Waals surface area contributed by atoms with Crippen LogP contribution in [0.4, 0.5) is 17.6 Å². The average Bonchev–Trinajstić information content (AvgIpc) is 2.70. The first kappa shape index (κ1) is 19.7. The summed E-state index contributed by atoms with van der Waals surface area (Å²) >= 11 is 0. The van der Waals surface area contributed by atoms with E-state index in [1.54, 1.807) is 6.08 Å². The summed E-state index contributed by atoms with van der Waals surface area (Å²) < 4.78 is 52.0. The van der Waals surface area contributed by atoms with Gasteiger partial charge in [-0.25, -0.2) is 17.6 Å². The van der Waals surface area contributed by atoms with Gasteiger partial charge >= 0.3 is 0 Å². The maximum absolute atomic E-state index is 13.4. The molecule has 0 N–H and O–H groups in total. The Morgan fingerprint density at radius 3 is 2.04 bits per heavy atom. The molecule has 0 atom stereocenters. The smallest absolute Gasteiger partial charge is 0.194 e. The zero-order valence-corrected chi connectivity index (χ0v) is 15.2. The van der Waals surface area contributed by atoms with E-state index in [4.69, 9.17) is 0 Å². The van der Waals surface area contributed by atoms with Gasteiger partial charge in [0.05, 0.1) is 0 Å². The first-order valence-corrected chi connectivity index (χ1v) is 9.54. The summed E-state index contributed by atoms with van der Waals surface area (Å²) in [5.74, 6) is -2.58. The third-order valence-corrected chi connectivity index (χ3v) is 5.54. The van der Waals surface area contributed by atoms with Crippen molar-refractivity contribution in [2.45, 2.75) is 44.4 Å². The molecule has 0 nitrogen and oxygen atoms in total. The molecule has 4 heteroatoms. The number of hydrogen-bond donors (Lipinski definition) is 0. The molecule has 0 bridgehead atoms. The predicted molar refractivity (Wildman–Crippen MR) is 101 cm³/mol. The standard InChI is InChI=1S/C23H24F4/c24-13-3-1-2-4-16-5-7-17(8-6-16)18-9-11-19(12-10-18)20-14-21(25)23(27)22(26)15-20/h1,3,9-12,14-17H,2,4-8,13H2/b3-1+. The molecule has 1 aliphatic rings. The first-order chi connectivity index (χ1) is 13.1. The van der Waals surface area contributed by atoms with Gasteiger partial charge in [-0.1, -0.05) is 36.4 Å². The van der Waals surface area contributed by atoms with Crippen LogP contribution in [0.2, 0.25) is 0 Å². The number of rotatable bonds is 6. The number of allylic oxidation sites excluding steroid dienone is 2. The number of hydrogen-bond acceptors (Lipinski definition) is 0. The van der Waals surface area contributed by atoms with Gasteiger partial charge in [-0.2, -0.15) is 0 Å². The minimum atomic E-state index is -1.44. The minimum Gasteiger partial charge on any atom is -0.247 e. The number of alkyl halides is 1. The highest BCUT2D eigenvalue weighted by molar-refractivity contribution is 5.64. The molecule has 2 aromatic carbocycles. The fourth-order valence-corrected chi connectivity index (χ4v) is 3.97. The van der Waals surface area contributed by atoms with Gasteiger partial charge in [-0.15, -0.1) is 0 Å². The van der Waals surface area contributed by atoms with Crippen LogP contribution in [-0.4, -0.2) is 6.67 Å². The zero-order valence-electron chi connectivity index (χ0n) is 15.2. The summed E-state index contributed by atoms with van der Waals surface area (Å²) in [5.41, 5.74) is 2.24. The van der Waals surface area contributed by atoms with Gasteiger partial charge in [-0.05, 0) is 79.2 Å². The van der Waals surface area contributed by atoms with Crippen molar-refractivity contribution in [3.8, 4) is 11.1 Å². The van der Waals surface area contributed by atoms with Crippen molar-refractivity contribution in [2.24, 2.45) is 5.92 Å². The average molecular weight is 376 g/mol. The van der Waals surface area contributed by atoms with Crippen molar-refractivity contribution in [3.63, 3.8) is 0 Å². The Hall–Kier alpha value is -2.10. The summed E-state index contributed by atoms with van der Waals surface area (Å²) in [6.45, 7) is -0.389. The van der Waals surface area contributed by atoms with E-state index in [1.165, 1.54) is 18.4 Å². The Morgan fingerprint density at radius 2 is 1.44 bits per heavy atom. The molecule has 0 aliphatic heterocycles. The van der Waals surface area contributed by atoms with Gasteiger partial charge in [0.2, 0.25) is 0 Å². The van der Waals surface area contributed by atoms with Crippen LogP contribution < -0.4 is 0 Å². The van der Waals surface area contributed by atoms with Crippen LogP contribution >= 0.6 is 0 Å². The molecule has 0 amide bonds. The second kappa shape index (κ2) is 9.20. The van der Waals surface area contributed by atoms with Crippen molar-refractivity contribution in [3.05, 3.63) is 71.6 Å². The number of benzene rings is 2. The molecule has 1 fully saturated rings. The summed E-state index contributed by atoms with van der Waals surface area (Å²) in [6.07, 6.45) is 10.1. The van der Waals surface area contributed by atoms with Gasteiger partial charge in [0, 0.05) is 0 Å². The molecule has 0 unspecified atom stereocenters. The molecule has 27 heavy (non-hydrogen) atoms. The molecule has 1 saturated carbocycles. The van der Waals surface area contributed by atoms with Crippen molar-refractivity contribution < 1.29 is 17.6 Å². The quantitative estimate of drug-likeness (QED) is 0.281. The molecule has 2 aromatic rings. The van der Waals surface area contributed by atoms with Gasteiger partial charge in [-0.3, -0.25) is 0 Å². The zero-order chi connectivity index (χ0) is 19.2. The lowest BCUT2D eigenvalue weighted by Crippen LogP contribution is -2.13. The Morgan fingerprint density at radius 1 is 0.815 bits per heavy atom. The first-order valence-electron chi connectivity index (χ1n) is 9.54. The molecule has 0 aromatic heterocycles. The molecule has 0 spiro atoms. The van der Waals surface area contributed by atoms with E-state index >= 15 is 0 Å². The second-order valence-electron chi connectivity index (χ2n) is 7.30. The van der Waals surface area contributed by atoms with E-state index in [1.807, 2.05) is 30.3 Å². The van der Waals surface area contributed by atoms with Gasteiger partial charge in [0.25, 0.3) is 0 Å². The molecule has 3 rings (SSSR count). The molecule has 0 heterocycles. The highest BCUT2D eigenvalue weighted by Gasteiger charge is 2.22. The van der Waals surface area contributed by atoms with Crippen LogP contribution in [-0.2, 0) is 0 Å². The van der Waals surface area contributed by atoms with E-state index in [0.717, 1.165) is 37.8 Å². The monoisotopic (exact) mass is 376 g/mol. The maximum Gasteiger partial charge on any atom is 0.194 e. The number of halogens is 4. The van der Waals surface area contributed by atoms with Gasteiger partial charge in [0.15, 0.2) is 17.5 Å². The van der Waals surface area contributed by atoms with Crippen LogP contribution in [0.25, 0.3) is 11.1 Å². The summed E-state index contributed by atoms with van der Waals surface area (Å²) in [7, 11) is 0. The fraction of sp³-hybridized carbons (Fsp3) is 0.391. The Kier molecular flexibility index (Phi) is 6.70. The van der Waals surface area contributed by atoms with Crippen LogP contribution in [0.5, 0.6) is 0 Å². The van der Waals surface area contributed by atoms with Crippen LogP contribution in [0.3, 0.4) is 0 Å². The van der Waals surface area contributed by atoms with Gasteiger partial charge in [0.1, 0.15) is 6.67 Å². The molecule has 0 saturated heterocycles. The van der Waals surface area contributed by atoms with E-state index in [2.05, 4.69) is 0 Å². The van der Waals surface area contributed by atoms with Crippen LogP contribution in [0, 0.1) is 23.4 Å². The van der Waals surface area contributed by atoms with Gasteiger partial charge < -0.3 is 0 Å². The highest BCUT2D eigenvalue weighted by atomic mass is 19.2. The lowest BCUT2D eigenvalue weighted by Gasteiger charge is -2.28.